The molecule has 90 valence electrons. The summed E-state index contributed by atoms with van der Waals surface area (Å²) < 4.78 is 5.21. The van der Waals surface area contributed by atoms with E-state index >= 15 is 0 Å². The van der Waals surface area contributed by atoms with Crippen molar-refractivity contribution in [1.29, 1.82) is 5.26 Å². The molecule has 6 nitrogen and oxygen atoms in total. The lowest BCUT2D eigenvalue weighted by molar-refractivity contribution is 0.104. The zero-order valence-electron chi connectivity index (χ0n) is 8.96. The molecule has 0 saturated carbocycles. The number of nitrogens with one attached hydrogen (secondary N) is 1. The van der Waals surface area contributed by atoms with Crippen LogP contribution in [0.15, 0.2) is 24.3 Å². The molecule has 1 aromatic carbocycles. The van der Waals surface area contributed by atoms with Gasteiger partial charge in [0.1, 0.15) is 18.5 Å². The lowest BCUT2D eigenvalue weighted by atomic mass is 10.2. The van der Waals surface area contributed by atoms with E-state index in [9.17, 15) is 9.90 Å². The van der Waals surface area contributed by atoms with Crippen LogP contribution in [0.4, 0.5) is 4.79 Å². The number of carboxylic acid groups (broad SMARTS) is 1. The van der Waals surface area contributed by atoms with E-state index < -0.39 is 12.2 Å². The minimum Gasteiger partial charge on any atom is -0.491 e. The molecule has 0 radical (unpaired) electrons. The summed E-state index contributed by atoms with van der Waals surface area (Å²) in [6.07, 6.45) is -2.11. The van der Waals surface area contributed by atoms with E-state index in [-0.39, 0.29) is 13.2 Å². The van der Waals surface area contributed by atoms with Crippen LogP contribution in [0.5, 0.6) is 5.75 Å². The Balaban J connectivity index is 2.34. The molecule has 1 amide bonds. The number of aliphatic hydroxyl groups excluding tert-OH is 1. The monoisotopic (exact) mass is 236 g/mol. The normalized spacial score (nSPS) is 11.3. The minimum atomic E-state index is -1.19. The molecule has 1 aromatic rings. The Hall–Kier alpha value is -2.26. The number of rotatable bonds is 5. The summed E-state index contributed by atoms with van der Waals surface area (Å²) in [5.41, 5.74) is 0.519. The van der Waals surface area contributed by atoms with Crippen molar-refractivity contribution in [2.45, 2.75) is 6.10 Å². The van der Waals surface area contributed by atoms with Crippen LogP contribution in [0.1, 0.15) is 5.56 Å². The van der Waals surface area contributed by atoms with Gasteiger partial charge in [0.05, 0.1) is 18.2 Å². The van der Waals surface area contributed by atoms with Crippen molar-refractivity contribution >= 4 is 6.09 Å². The molecular weight excluding hydrogens is 224 g/mol. The highest BCUT2D eigenvalue weighted by molar-refractivity contribution is 5.64. The first-order chi connectivity index (χ1) is 8.11. The summed E-state index contributed by atoms with van der Waals surface area (Å²) in [6, 6.07) is 8.37. The van der Waals surface area contributed by atoms with E-state index in [2.05, 4.69) is 0 Å². The number of nitriles is 1. The fraction of sp³-hybridized carbons (Fsp3) is 0.273. The van der Waals surface area contributed by atoms with Gasteiger partial charge >= 0.3 is 6.09 Å². The first-order valence-electron chi connectivity index (χ1n) is 4.89. The van der Waals surface area contributed by atoms with Gasteiger partial charge in [-0.15, -0.1) is 0 Å². The standard InChI is InChI=1S/C11H12N2O4/c12-5-8-1-3-10(4-2-8)17-7-9(14)6-13-11(15)16/h1-4,9,13-14H,6-7H2,(H,15,16)/t9-/m1/s1. The van der Waals surface area contributed by atoms with Gasteiger partial charge in [-0.05, 0) is 24.3 Å². The molecule has 0 unspecified atom stereocenters. The lowest BCUT2D eigenvalue weighted by Crippen LogP contribution is -2.34. The largest absolute Gasteiger partial charge is 0.491 e. The summed E-state index contributed by atoms with van der Waals surface area (Å²) in [4.78, 5) is 10.2. The average Bonchev–Trinajstić information content (AvgIpc) is 2.34. The third-order valence-corrected chi connectivity index (χ3v) is 1.91. The fourth-order valence-electron chi connectivity index (χ4n) is 1.08. The second-order valence-electron chi connectivity index (χ2n) is 3.29. The third kappa shape index (κ3) is 4.86. The second-order valence-corrected chi connectivity index (χ2v) is 3.29. The number of carbonyl (C=O) groups is 1. The van der Waals surface area contributed by atoms with E-state index in [1.807, 2.05) is 11.4 Å². The molecule has 0 fully saturated rings. The van der Waals surface area contributed by atoms with E-state index in [1.165, 1.54) is 0 Å². The highest BCUT2D eigenvalue weighted by atomic mass is 16.5. The maximum atomic E-state index is 10.2. The smallest absolute Gasteiger partial charge is 0.404 e. The number of nitrogens with zero attached hydrogens (tertiary/aromatic N) is 1. The second kappa shape index (κ2) is 6.35. The number of hydrogen-bond acceptors (Lipinski definition) is 4. The van der Waals surface area contributed by atoms with Crippen LogP contribution in [-0.4, -0.2) is 35.6 Å². The predicted molar refractivity (Wildman–Crippen MR) is 58.7 cm³/mol. The van der Waals surface area contributed by atoms with Gasteiger partial charge in [0.25, 0.3) is 0 Å². The molecule has 0 bridgehead atoms. The molecule has 0 aliphatic heterocycles. The Kier molecular flexibility index (Phi) is 4.78. The molecule has 17 heavy (non-hydrogen) atoms. The van der Waals surface area contributed by atoms with Crippen LogP contribution in [0.25, 0.3) is 0 Å². The van der Waals surface area contributed by atoms with Crippen molar-refractivity contribution in [2.75, 3.05) is 13.2 Å². The van der Waals surface area contributed by atoms with Crippen LogP contribution in [0, 0.1) is 11.3 Å². The first-order valence-corrected chi connectivity index (χ1v) is 4.89. The van der Waals surface area contributed by atoms with Crippen molar-refractivity contribution in [3.05, 3.63) is 29.8 Å². The molecule has 3 N–H and O–H groups in total. The van der Waals surface area contributed by atoms with Crippen LogP contribution >= 0.6 is 0 Å². The fourth-order valence-corrected chi connectivity index (χ4v) is 1.08. The lowest BCUT2D eigenvalue weighted by Gasteiger charge is -2.11. The van der Waals surface area contributed by atoms with E-state index in [4.69, 9.17) is 15.1 Å². The molecule has 0 saturated heterocycles. The number of benzene rings is 1. The molecule has 0 spiro atoms. The molecule has 6 heteroatoms. The molecule has 0 aliphatic carbocycles. The molecule has 0 aliphatic rings. The number of ether oxygens (including phenoxy) is 1. The van der Waals surface area contributed by atoms with Gasteiger partial charge in [0, 0.05) is 0 Å². The Morgan fingerprint density at radius 3 is 2.65 bits per heavy atom. The predicted octanol–water partition coefficient (Wildman–Crippen LogP) is 0.566. The van der Waals surface area contributed by atoms with Crippen molar-refractivity contribution in [2.24, 2.45) is 0 Å². The summed E-state index contributed by atoms with van der Waals surface area (Å²) in [5.74, 6) is 0.512. The zero-order valence-corrected chi connectivity index (χ0v) is 8.96. The highest BCUT2D eigenvalue weighted by Gasteiger charge is 2.06. The summed E-state index contributed by atoms with van der Waals surface area (Å²) in [6.45, 7) is -0.113. The quantitative estimate of drug-likeness (QED) is 0.693. The Labute approximate surface area is 98.1 Å². The van der Waals surface area contributed by atoms with Gasteiger partial charge < -0.3 is 20.3 Å². The van der Waals surface area contributed by atoms with E-state index in [0.29, 0.717) is 11.3 Å². The Bertz CT molecular complexity index is 410. The third-order valence-electron chi connectivity index (χ3n) is 1.91. The van der Waals surface area contributed by atoms with Crippen LogP contribution < -0.4 is 10.1 Å². The van der Waals surface area contributed by atoms with Gasteiger partial charge in [-0.2, -0.15) is 5.26 Å². The maximum absolute atomic E-state index is 10.2. The van der Waals surface area contributed by atoms with Crippen molar-refractivity contribution < 1.29 is 19.7 Å². The Morgan fingerprint density at radius 2 is 2.12 bits per heavy atom. The maximum Gasteiger partial charge on any atom is 0.404 e. The van der Waals surface area contributed by atoms with Crippen molar-refractivity contribution in [3.63, 3.8) is 0 Å². The van der Waals surface area contributed by atoms with Crippen LogP contribution in [-0.2, 0) is 0 Å². The number of aliphatic hydroxyl groups is 1. The molecular formula is C11H12N2O4. The van der Waals surface area contributed by atoms with Crippen molar-refractivity contribution in [1.82, 2.24) is 5.32 Å². The first kappa shape index (κ1) is 12.8. The van der Waals surface area contributed by atoms with Gasteiger partial charge in [0.2, 0.25) is 0 Å². The van der Waals surface area contributed by atoms with Gasteiger partial charge in [-0.1, -0.05) is 0 Å². The molecule has 0 heterocycles. The summed E-state index contributed by atoms with van der Waals surface area (Å²) >= 11 is 0. The van der Waals surface area contributed by atoms with Crippen molar-refractivity contribution in [3.8, 4) is 11.8 Å². The molecule has 0 aromatic heterocycles. The topological polar surface area (TPSA) is 103 Å². The van der Waals surface area contributed by atoms with Crippen LogP contribution in [0.2, 0.25) is 0 Å². The average molecular weight is 236 g/mol. The van der Waals surface area contributed by atoms with Gasteiger partial charge in [-0.25, -0.2) is 4.79 Å². The Morgan fingerprint density at radius 1 is 1.47 bits per heavy atom. The number of amides is 1. The van der Waals surface area contributed by atoms with E-state index in [0.717, 1.165) is 0 Å². The van der Waals surface area contributed by atoms with Gasteiger partial charge in [-0.3, -0.25) is 0 Å². The molecule has 1 atom stereocenters. The number of hydrogen-bond donors (Lipinski definition) is 3. The zero-order chi connectivity index (χ0) is 12.7. The summed E-state index contributed by atoms with van der Waals surface area (Å²) in [5, 5.41) is 28.3. The summed E-state index contributed by atoms with van der Waals surface area (Å²) in [7, 11) is 0. The highest BCUT2D eigenvalue weighted by Crippen LogP contribution is 2.11. The van der Waals surface area contributed by atoms with Gasteiger partial charge in [0.15, 0.2) is 0 Å². The SMILES string of the molecule is N#Cc1ccc(OC[C@H](O)CNC(=O)O)cc1. The molecule has 1 rings (SSSR count). The van der Waals surface area contributed by atoms with E-state index in [1.54, 1.807) is 24.3 Å². The minimum absolute atomic E-state index is 0.0216. The van der Waals surface area contributed by atoms with Crippen LogP contribution in [0.3, 0.4) is 0 Å².